The number of anilines is 4. The molecule has 0 saturated carbocycles. The van der Waals surface area contributed by atoms with Crippen LogP contribution in [0.2, 0.25) is 0 Å². The Morgan fingerprint density at radius 1 is 0.554 bits per heavy atom. The Kier molecular flexibility index (Phi) is 18.6. The van der Waals surface area contributed by atoms with Gasteiger partial charge in [-0.15, -0.1) is 0 Å². The van der Waals surface area contributed by atoms with Crippen LogP contribution in [0.4, 0.5) is 23.3 Å². The van der Waals surface area contributed by atoms with Crippen molar-refractivity contribution in [2.75, 3.05) is 148 Å². The molecule has 0 bridgehead atoms. The zero-order valence-electron chi connectivity index (χ0n) is 49.4. The molecule has 434 valence electrons. The minimum atomic E-state index is -0.0473. The number of aromatic nitrogens is 4. The van der Waals surface area contributed by atoms with Gasteiger partial charge in [0.2, 0.25) is 11.9 Å². The smallest absolute Gasteiger partial charge is 0.223 e. The third-order valence-electron chi connectivity index (χ3n) is 17.0. The molecule has 0 radical (unpaired) electrons. The van der Waals surface area contributed by atoms with Gasteiger partial charge in [0.25, 0.3) is 0 Å². The Morgan fingerprint density at radius 3 is 1.69 bits per heavy atom. The minimum Gasteiger partial charge on any atom is -0.497 e. The Bertz CT molecular complexity index is 3440. The van der Waals surface area contributed by atoms with Crippen molar-refractivity contribution >= 4 is 44.8 Å². The van der Waals surface area contributed by atoms with Crippen molar-refractivity contribution < 1.29 is 18.9 Å². The first-order chi connectivity index (χ1) is 40.7. The first-order valence-corrected chi connectivity index (χ1v) is 29.8. The van der Waals surface area contributed by atoms with Gasteiger partial charge in [-0.2, -0.15) is 0 Å². The highest BCUT2D eigenvalue weighted by atomic mass is 16.5. The molecule has 3 fully saturated rings. The Morgan fingerprint density at radius 2 is 1.11 bits per heavy atom. The van der Waals surface area contributed by atoms with Crippen molar-refractivity contribution in [3.05, 3.63) is 145 Å². The molecule has 83 heavy (non-hydrogen) atoms. The first-order valence-electron chi connectivity index (χ1n) is 29.8. The van der Waals surface area contributed by atoms with E-state index in [9.17, 15) is 0 Å². The number of ether oxygens (including phenoxy) is 4. The standard InChI is InChI=1S/C67H82N12O4/c1-7-25-74(2)26-10-27-75-31-35-78(36-32-75)64-44-53(41-50-17-19-57(83-6)46-59(50)64)61-21-24-69-67(72-61)73-65(51-13-9-15-55(42-51)81-4)62-22-30-77(62)29-11-28-76-33-37-79(38-34-76)63-43-52(40-49-16-18-56(82-5)45-58(49)63)60-20-23-68-66(71-60)70-47-48-12-8-14-54(39-48)80-3/h8-9,12-21,23-24,39-46,62,65H,7,10-11,22,25-38,47H2,1-6H3,(H,68,70,71)(H,69,72,73). The molecule has 0 amide bonds. The second kappa shape index (κ2) is 27.1. The normalized spacial score (nSPS) is 16.5. The van der Waals surface area contributed by atoms with Crippen molar-refractivity contribution in [2.45, 2.75) is 51.2 Å². The molecule has 8 aromatic rings. The number of methoxy groups -OCH3 is 4. The van der Waals surface area contributed by atoms with E-state index in [1.54, 1.807) is 28.4 Å². The summed E-state index contributed by atoms with van der Waals surface area (Å²) in [4.78, 5) is 35.1. The highest BCUT2D eigenvalue weighted by Crippen LogP contribution is 2.39. The second-order valence-corrected chi connectivity index (χ2v) is 22.4. The Labute approximate surface area is 490 Å². The molecule has 2 unspecified atom stereocenters. The molecule has 2 atom stereocenters. The maximum atomic E-state index is 5.78. The first kappa shape index (κ1) is 57.1. The minimum absolute atomic E-state index is 0.0473. The zero-order valence-corrected chi connectivity index (χ0v) is 49.4. The van der Waals surface area contributed by atoms with Crippen LogP contribution in [0.15, 0.2) is 134 Å². The molecule has 5 heterocycles. The van der Waals surface area contributed by atoms with Crippen molar-refractivity contribution in [2.24, 2.45) is 0 Å². The van der Waals surface area contributed by atoms with E-state index in [0.717, 1.165) is 172 Å². The number of likely N-dealkylation sites (tertiary alicyclic amines) is 1. The predicted octanol–water partition coefficient (Wildman–Crippen LogP) is 10.8. The topological polar surface area (TPSA) is 132 Å². The van der Waals surface area contributed by atoms with Crippen molar-refractivity contribution in [1.29, 1.82) is 0 Å². The van der Waals surface area contributed by atoms with Crippen LogP contribution in [-0.2, 0) is 6.54 Å². The van der Waals surface area contributed by atoms with Gasteiger partial charge in [0.1, 0.15) is 23.0 Å². The maximum Gasteiger partial charge on any atom is 0.223 e. The molecule has 3 aliphatic rings. The Hall–Kier alpha value is -7.76. The number of rotatable bonds is 25. The van der Waals surface area contributed by atoms with E-state index in [2.05, 4.69) is 138 Å². The van der Waals surface area contributed by atoms with Crippen LogP contribution in [0.25, 0.3) is 44.1 Å². The summed E-state index contributed by atoms with van der Waals surface area (Å²) in [5.74, 6) is 4.57. The van der Waals surface area contributed by atoms with Gasteiger partial charge in [0.05, 0.1) is 45.9 Å². The molecule has 2 aromatic heterocycles. The van der Waals surface area contributed by atoms with Crippen LogP contribution in [0, 0.1) is 0 Å². The fourth-order valence-corrected chi connectivity index (χ4v) is 12.3. The lowest BCUT2D eigenvalue weighted by Gasteiger charge is -2.46. The SMILES string of the molecule is CCCN(C)CCCN1CCN(c2cc(-c3ccnc(NC(c4cccc(OC)c4)C4CCN4CCCN4CCN(c5cc(-c6ccnc(NCc7cccc(OC)c7)n6)cc6ccc(OC)cc56)CC4)n3)cc3ccc(OC)cc23)CC1. The van der Waals surface area contributed by atoms with E-state index < -0.39 is 0 Å². The summed E-state index contributed by atoms with van der Waals surface area (Å²) < 4.78 is 22.7. The molecular weight excluding hydrogens is 1040 g/mol. The van der Waals surface area contributed by atoms with Gasteiger partial charge >= 0.3 is 0 Å². The predicted molar refractivity (Wildman–Crippen MR) is 337 cm³/mol. The molecule has 0 aliphatic carbocycles. The summed E-state index contributed by atoms with van der Waals surface area (Å²) in [5, 5.41) is 12.0. The summed E-state index contributed by atoms with van der Waals surface area (Å²) in [6, 6.07) is 42.6. The third kappa shape index (κ3) is 13.9. The lowest BCUT2D eigenvalue weighted by atomic mass is 9.89. The van der Waals surface area contributed by atoms with E-state index >= 15 is 0 Å². The van der Waals surface area contributed by atoms with Gasteiger partial charge in [-0.1, -0.05) is 43.3 Å². The molecule has 3 aliphatic heterocycles. The average Bonchev–Trinajstić information content (AvgIpc) is 3.64. The van der Waals surface area contributed by atoms with Crippen molar-refractivity contribution in [3.8, 4) is 45.5 Å². The summed E-state index contributed by atoms with van der Waals surface area (Å²) in [5.41, 5.74) is 8.55. The van der Waals surface area contributed by atoms with Gasteiger partial charge in [0.15, 0.2) is 0 Å². The van der Waals surface area contributed by atoms with Gasteiger partial charge < -0.3 is 44.3 Å². The van der Waals surface area contributed by atoms with Crippen LogP contribution < -0.4 is 39.4 Å². The van der Waals surface area contributed by atoms with Gasteiger partial charge in [-0.05, 0) is 172 Å². The summed E-state index contributed by atoms with van der Waals surface area (Å²) in [6.45, 7) is 17.2. The highest BCUT2D eigenvalue weighted by Gasteiger charge is 2.36. The van der Waals surface area contributed by atoms with E-state index in [1.807, 2.05) is 54.9 Å². The lowest BCUT2D eigenvalue weighted by molar-refractivity contribution is 0.0695. The number of fused-ring (bicyclic) bond motifs is 2. The summed E-state index contributed by atoms with van der Waals surface area (Å²) >= 11 is 0. The molecule has 6 aromatic carbocycles. The molecule has 11 rings (SSSR count). The van der Waals surface area contributed by atoms with Gasteiger partial charge in [-0.3, -0.25) is 14.7 Å². The average molecular weight is 1120 g/mol. The van der Waals surface area contributed by atoms with E-state index in [-0.39, 0.29) is 12.1 Å². The summed E-state index contributed by atoms with van der Waals surface area (Å²) in [6.07, 6.45) is 8.26. The molecule has 3 saturated heterocycles. The summed E-state index contributed by atoms with van der Waals surface area (Å²) in [7, 11) is 9.14. The number of nitrogens with one attached hydrogen (secondary N) is 2. The van der Waals surface area contributed by atoms with Crippen LogP contribution in [0.3, 0.4) is 0 Å². The monoisotopic (exact) mass is 1120 g/mol. The quantitative estimate of drug-likeness (QED) is 0.0562. The number of hydrogen-bond acceptors (Lipinski definition) is 16. The largest absolute Gasteiger partial charge is 0.497 e. The maximum absolute atomic E-state index is 5.78. The van der Waals surface area contributed by atoms with Crippen LogP contribution in [0.1, 0.15) is 49.8 Å². The molecule has 16 nitrogen and oxygen atoms in total. The van der Waals surface area contributed by atoms with Crippen LogP contribution >= 0.6 is 0 Å². The number of benzene rings is 6. The van der Waals surface area contributed by atoms with Gasteiger partial charge in [0, 0.05) is 117 Å². The number of nitrogens with zero attached hydrogens (tertiary/aromatic N) is 10. The molecule has 0 spiro atoms. The fourth-order valence-electron chi connectivity index (χ4n) is 12.3. The molecule has 16 heteroatoms. The second-order valence-electron chi connectivity index (χ2n) is 22.4. The van der Waals surface area contributed by atoms with Crippen LogP contribution in [-0.4, -0.2) is 173 Å². The molecular formula is C67H82N12O4. The van der Waals surface area contributed by atoms with Crippen LogP contribution in [0.5, 0.6) is 23.0 Å². The Balaban J connectivity index is 0.748. The van der Waals surface area contributed by atoms with E-state index in [0.29, 0.717) is 18.4 Å². The van der Waals surface area contributed by atoms with Crippen molar-refractivity contribution in [1.82, 2.24) is 39.5 Å². The number of piperazine rings is 2. The van der Waals surface area contributed by atoms with E-state index in [1.165, 1.54) is 35.0 Å². The lowest BCUT2D eigenvalue weighted by Crippen LogP contribution is -2.53. The number of hydrogen-bond donors (Lipinski definition) is 2. The zero-order chi connectivity index (χ0) is 57.1. The van der Waals surface area contributed by atoms with Gasteiger partial charge in [-0.25, -0.2) is 19.9 Å². The molecule has 2 N–H and O–H groups in total. The highest BCUT2D eigenvalue weighted by molar-refractivity contribution is 6.00. The van der Waals surface area contributed by atoms with E-state index in [4.69, 9.17) is 33.9 Å². The van der Waals surface area contributed by atoms with Crippen molar-refractivity contribution in [3.63, 3.8) is 0 Å². The third-order valence-corrected chi connectivity index (χ3v) is 17.0. The fraction of sp³-hybridized carbons (Fsp3) is 0.403.